The molecule has 2 aromatic rings. The topological polar surface area (TPSA) is 87.6 Å². The third-order valence-electron chi connectivity index (χ3n) is 2.40. The molecule has 0 N–H and O–H groups in total. The van der Waals surface area contributed by atoms with Gasteiger partial charge in [-0.2, -0.15) is 0 Å². The maximum Gasteiger partial charge on any atom is 0.339 e. The molecule has 0 aliphatic rings. The molecule has 0 atom stereocenters. The summed E-state index contributed by atoms with van der Waals surface area (Å²) < 4.78 is 33.3. The van der Waals surface area contributed by atoms with Crippen LogP contribution in [0.3, 0.4) is 0 Å². The van der Waals surface area contributed by atoms with Crippen molar-refractivity contribution in [1.29, 1.82) is 0 Å². The van der Waals surface area contributed by atoms with Gasteiger partial charge in [-0.1, -0.05) is 5.16 Å². The first-order chi connectivity index (χ1) is 9.56. The smallest absolute Gasteiger partial charge is 0.339 e. The molecule has 0 fully saturated rings. The molecule has 0 saturated heterocycles. The zero-order valence-corrected chi connectivity index (χ0v) is 12.6. The van der Waals surface area contributed by atoms with Crippen molar-refractivity contribution in [3.63, 3.8) is 0 Å². The van der Waals surface area contributed by atoms with Gasteiger partial charge in [0.2, 0.25) is 11.7 Å². The van der Waals surface area contributed by atoms with Crippen LogP contribution in [0.4, 0.5) is 0 Å². The first-order valence-corrected chi connectivity index (χ1v) is 8.05. The predicted octanol–water partition coefficient (Wildman–Crippen LogP) is 3.40. The highest BCUT2D eigenvalue weighted by atomic mass is 31.2. The van der Waals surface area contributed by atoms with Gasteiger partial charge in [-0.25, -0.2) is 4.98 Å². The fourth-order valence-electron chi connectivity index (χ4n) is 1.66. The standard InChI is InChI=1S/C12H17N2O5P/c1-4-16-20(15,17-5-2)8-12-13-7-11(18-12)10-6-9(3)14-19-10/h6-7H,4-5,8H2,1-3H3. The van der Waals surface area contributed by atoms with E-state index in [4.69, 9.17) is 18.0 Å². The summed E-state index contributed by atoms with van der Waals surface area (Å²) in [6.07, 6.45) is 1.49. The van der Waals surface area contributed by atoms with Crippen molar-refractivity contribution in [2.45, 2.75) is 26.9 Å². The van der Waals surface area contributed by atoms with Gasteiger partial charge in [0.1, 0.15) is 6.16 Å². The van der Waals surface area contributed by atoms with Gasteiger partial charge in [0.05, 0.1) is 25.1 Å². The molecule has 110 valence electrons. The van der Waals surface area contributed by atoms with E-state index in [-0.39, 0.29) is 12.1 Å². The van der Waals surface area contributed by atoms with E-state index in [2.05, 4.69) is 10.1 Å². The minimum atomic E-state index is -3.22. The molecule has 2 rings (SSSR count). The summed E-state index contributed by atoms with van der Waals surface area (Å²) in [6, 6.07) is 1.73. The maximum atomic E-state index is 12.4. The van der Waals surface area contributed by atoms with Gasteiger partial charge in [0.25, 0.3) is 0 Å². The van der Waals surface area contributed by atoms with Crippen LogP contribution < -0.4 is 0 Å². The Balaban J connectivity index is 2.14. The number of nitrogens with zero attached hydrogens (tertiary/aromatic N) is 2. The summed E-state index contributed by atoms with van der Waals surface area (Å²) in [7, 11) is -3.22. The highest BCUT2D eigenvalue weighted by Crippen LogP contribution is 2.51. The van der Waals surface area contributed by atoms with Crippen LogP contribution in [0, 0.1) is 6.92 Å². The molecule has 0 bridgehead atoms. The van der Waals surface area contributed by atoms with Crippen LogP contribution in [0.1, 0.15) is 25.4 Å². The lowest BCUT2D eigenvalue weighted by atomic mass is 10.3. The molecular formula is C12H17N2O5P. The lowest BCUT2D eigenvalue weighted by Crippen LogP contribution is -1.99. The second-order valence-corrected chi connectivity index (χ2v) is 6.11. The molecule has 20 heavy (non-hydrogen) atoms. The Morgan fingerprint density at radius 3 is 2.50 bits per heavy atom. The van der Waals surface area contributed by atoms with Crippen LogP contribution in [0.2, 0.25) is 0 Å². The third-order valence-corrected chi connectivity index (χ3v) is 4.37. The normalized spacial score (nSPS) is 11.9. The van der Waals surface area contributed by atoms with Gasteiger partial charge in [-0.05, 0) is 20.8 Å². The van der Waals surface area contributed by atoms with Gasteiger partial charge in [0.15, 0.2) is 5.76 Å². The molecule has 0 radical (unpaired) electrons. The maximum absolute atomic E-state index is 12.4. The summed E-state index contributed by atoms with van der Waals surface area (Å²) in [4.78, 5) is 4.06. The summed E-state index contributed by atoms with van der Waals surface area (Å²) in [5.74, 6) is 1.18. The molecule has 0 unspecified atom stereocenters. The predicted molar refractivity (Wildman–Crippen MR) is 71.3 cm³/mol. The molecule has 0 aliphatic heterocycles. The van der Waals surface area contributed by atoms with Crippen LogP contribution in [-0.2, 0) is 19.8 Å². The molecular weight excluding hydrogens is 283 g/mol. The molecule has 8 heteroatoms. The van der Waals surface area contributed by atoms with Gasteiger partial charge in [-0.3, -0.25) is 4.57 Å². The SMILES string of the molecule is CCOP(=O)(Cc1ncc(-c2cc(C)no2)o1)OCC. The fraction of sp³-hybridized carbons (Fsp3) is 0.500. The molecule has 0 aliphatic carbocycles. The van der Waals surface area contributed by atoms with Crippen LogP contribution >= 0.6 is 7.60 Å². The van der Waals surface area contributed by atoms with E-state index in [1.54, 1.807) is 19.9 Å². The van der Waals surface area contributed by atoms with Gasteiger partial charge >= 0.3 is 7.60 Å². The second kappa shape index (κ2) is 6.35. The van der Waals surface area contributed by atoms with Crippen LogP contribution in [0.15, 0.2) is 21.2 Å². The fourth-order valence-corrected chi connectivity index (χ4v) is 3.19. The van der Waals surface area contributed by atoms with E-state index in [9.17, 15) is 4.57 Å². The molecule has 2 aromatic heterocycles. The first kappa shape index (κ1) is 15.0. The third kappa shape index (κ3) is 3.56. The highest BCUT2D eigenvalue weighted by molar-refractivity contribution is 7.52. The van der Waals surface area contributed by atoms with Crippen LogP contribution in [-0.4, -0.2) is 23.4 Å². The van der Waals surface area contributed by atoms with Crippen molar-refractivity contribution in [1.82, 2.24) is 10.1 Å². The molecule has 7 nitrogen and oxygen atoms in total. The van der Waals surface area contributed by atoms with Crippen molar-refractivity contribution in [3.8, 4) is 11.5 Å². The zero-order chi connectivity index (χ0) is 14.6. The van der Waals surface area contributed by atoms with E-state index in [0.29, 0.717) is 24.7 Å². The Morgan fingerprint density at radius 2 is 1.95 bits per heavy atom. The molecule has 2 heterocycles. The summed E-state index contributed by atoms with van der Waals surface area (Å²) in [5, 5.41) is 3.77. The lowest BCUT2D eigenvalue weighted by molar-refractivity contribution is 0.217. The zero-order valence-electron chi connectivity index (χ0n) is 11.7. The Labute approximate surface area is 116 Å². The van der Waals surface area contributed by atoms with Crippen molar-refractivity contribution < 1.29 is 22.6 Å². The Morgan fingerprint density at radius 1 is 1.25 bits per heavy atom. The Kier molecular flexibility index (Phi) is 4.75. The van der Waals surface area contributed by atoms with Crippen molar-refractivity contribution >= 4 is 7.60 Å². The summed E-state index contributed by atoms with van der Waals surface area (Å²) in [6.45, 7) is 5.91. The Bertz CT molecular complexity index is 597. The molecule has 0 amide bonds. The lowest BCUT2D eigenvalue weighted by Gasteiger charge is -2.14. The van der Waals surface area contributed by atoms with Gasteiger partial charge in [0, 0.05) is 6.07 Å². The number of oxazole rings is 1. The number of aromatic nitrogens is 2. The Hall–Kier alpha value is -1.43. The average molecular weight is 300 g/mol. The molecule has 0 saturated carbocycles. The summed E-state index contributed by atoms with van der Waals surface area (Å²) in [5.41, 5.74) is 0.743. The number of aryl methyl sites for hydroxylation is 1. The minimum absolute atomic E-state index is 0.0121. The monoisotopic (exact) mass is 300 g/mol. The summed E-state index contributed by atoms with van der Waals surface area (Å²) >= 11 is 0. The number of rotatable bonds is 7. The van der Waals surface area contributed by atoms with Crippen LogP contribution in [0.25, 0.3) is 11.5 Å². The number of hydrogen-bond donors (Lipinski definition) is 0. The van der Waals surface area contributed by atoms with E-state index in [1.807, 2.05) is 6.92 Å². The largest absolute Gasteiger partial charge is 0.437 e. The quantitative estimate of drug-likeness (QED) is 0.724. The average Bonchev–Trinajstić information content (AvgIpc) is 2.98. The van der Waals surface area contributed by atoms with E-state index >= 15 is 0 Å². The van der Waals surface area contributed by atoms with Crippen LogP contribution in [0.5, 0.6) is 0 Å². The minimum Gasteiger partial charge on any atom is -0.437 e. The van der Waals surface area contributed by atoms with Crippen molar-refractivity contribution in [2.75, 3.05) is 13.2 Å². The van der Waals surface area contributed by atoms with E-state index < -0.39 is 7.60 Å². The van der Waals surface area contributed by atoms with Gasteiger partial charge < -0.3 is 18.0 Å². The van der Waals surface area contributed by atoms with E-state index in [0.717, 1.165) is 5.69 Å². The second-order valence-electron chi connectivity index (χ2n) is 4.06. The first-order valence-electron chi connectivity index (χ1n) is 6.33. The number of hydrogen-bond acceptors (Lipinski definition) is 7. The van der Waals surface area contributed by atoms with Gasteiger partial charge in [-0.15, -0.1) is 0 Å². The molecule has 0 aromatic carbocycles. The molecule has 0 spiro atoms. The van der Waals surface area contributed by atoms with Crippen molar-refractivity contribution in [3.05, 3.63) is 23.8 Å². The highest BCUT2D eigenvalue weighted by Gasteiger charge is 2.27. The van der Waals surface area contributed by atoms with E-state index in [1.165, 1.54) is 6.20 Å². The van der Waals surface area contributed by atoms with Crippen molar-refractivity contribution in [2.24, 2.45) is 0 Å².